The average Bonchev–Trinajstić information content (AvgIpc) is 2.28. The lowest BCUT2D eigenvalue weighted by molar-refractivity contribution is -0.123. The van der Waals surface area contributed by atoms with E-state index in [1.165, 1.54) is 0 Å². The summed E-state index contributed by atoms with van der Waals surface area (Å²) >= 11 is 0. The Bertz CT molecular complexity index is 364. The number of para-hydroxylation sites is 1. The lowest BCUT2D eigenvalue weighted by Crippen LogP contribution is -2.29. The van der Waals surface area contributed by atoms with Crippen LogP contribution in [-0.2, 0) is 4.79 Å². The van der Waals surface area contributed by atoms with Gasteiger partial charge in [0.25, 0.3) is 5.91 Å². The van der Waals surface area contributed by atoms with Gasteiger partial charge in [-0.15, -0.1) is 0 Å². The fourth-order valence-electron chi connectivity index (χ4n) is 1.24. The predicted molar refractivity (Wildman–Crippen MR) is 64.4 cm³/mol. The van der Waals surface area contributed by atoms with Gasteiger partial charge in [0.2, 0.25) is 0 Å². The lowest BCUT2D eigenvalue weighted by atomic mass is 10.2. The van der Waals surface area contributed by atoms with E-state index in [-0.39, 0.29) is 12.5 Å². The number of hydrogen-bond acceptors (Lipinski definition) is 3. The van der Waals surface area contributed by atoms with E-state index >= 15 is 0 Å². The van der Waals surface area contributed by atoms with Gasteiger partial charge in [0.1, 0.15) is 5.75 Å². The first-order valence-corrected chi connectivity index (χ1v) is 5.39. The Kier molecular flexibility index (Phi) is 4.64. The Morgan fingerprint density at radius 1 is 1.50 bits per heavy atom. The summed E-state index contributed by atoms with van der Waals surface area (Å²) in [5.74, 6) is 0.439. The summed E-state index contributed by atoms with van der Waals surface area (Å²) in [7, 11) is 0. The number of nitrogens with two attached hydrogens (primary N) is 1. The average molecular weight is 222 g/mol. The number of amides is 1. The standard InChI is InChI=1S/C12H18N2O2/c1-3-7-14-11(15)8-16-10-6-4-5-9(2)12(10)13/h4-6H,3,7-8,13H2,1-2H3,(H,14,15). The Morgan fingerprint density at radius 2 is 2.25 bits per heavy atom. The van der Waals surface area contributed by atoms with Gasteiger partial charge >= 0.3 is 0 Å². The number of carbonyl (C=O) groups is 1. The van der Waals surface area contributed by atoms with Crippen LogP contribution >= 0.6 is 0 Å². The number of anilines is 1. The molecule has 0 bridgehead atoms. The molecule has 16 heavy (non-hydrogen) atoms. The second-order valence-corrected chi connectivity index (χ2v) is 3.63. The minimum Gasteiger partial charge on any atom is -0.482 e. The molecule has 0 heterocycles. The van der Waals surface area contributed by atoms with Gasteiger partial charge in [0.05, 0.1) is 5.69 Å². The first-order chi connectivity index (χ1) is 7.65. The van der Waals surface area contributed by atoms with Crippen molar-refractivity contribution in [2.75, 3.05) is 18.9 Å². The Morgan fingerprint density at radius 3 is 2.94 bits per heavy atom. The number of ether oxygens (including phenoxy) is 1. The SMILES string of the molecule is CCCNC(=O)COc1cccc(C)c1N. The van der Waals surface area contributed by atoms with Crippen molar-refractivity contribution in [3.05, 3.63) is 23.8 Å². The number of rotatable bonds is 5. The van der Waals surface area contributed by atoms with Gasteiger partial charge in [0, 0.05) is 6.54 Å². The fraction of sp³-hybridized carbons (Fsp3) is 0.417. The smallest absolute Gasteiger partial charge is 0.257 e. The van der Waals surface area contributed by atoms with Crippen LogP contribution in [0.5, 0.6) is 5.75 Å². The number of aryl methyl sites for hydroxylation is 1. The summed E-state index contributed by atoms with van der Waals surface area (Å²) in [6.07, 6.45) is 0.915. The first kappa shape index (κ1) is 12.4. The quantitative estimate of drug-likeness (QED) is 0.742. The molecule has 1 aromatic rings. The van der Waals surface area contributed by atoms with Crippen molar-refractivity contribution in [1.82, 2.24) is 5.32 Å². The summed E-state index contributed by atoms with van der Waals surface area (Å²) < 4.78 is 5.34. The molecule has 1 aromatic carbocycles. The largest absolute Gasteiger partial charge is 0.482 e. The van der Waals surface area contributed by atoms with Crippen LogP contribution in [0.4, 0.5) is 5.69 Å². The van der Waals surface area contributed by atoms with Crippen molar-refractivity contribution in [2.45, 2.75) is 20.3 Å². The van der Waals surface area contributed by atoms with Gasteiger partial charge in [-0.05, 0) is 25.0 Å². The van der Waals surface area contributed by atoms with E-state index < -0.39 is 0 Å². The number of hydrogen-bond donors (Lipinski definition) is 2. The highest BCUT2D eigenvalue weighted by atomic mass is 16.5. The Balaban J connectivity index is 2.48. The van der Waals surface area contributed by atoms with Crippen molar-refractivity contribution >= 4 is 11.6 Å². The summed E-state index contributed by atoms with van der Waals surface area (Å²) in [6, 6.07) is 5.51. The first-order valence-electron chi connectivity index (χ1n) is 5.39. The summed E-state index contributed by atoms with van der Waals surface area (Å²) in [4.78, 5) is 11.3. The van der Waals surface area contributed by atoms with Crippen molar-refractivity contribution in [1.29, 1.82) is 0 Å². The van der Waals surface area contributed by atoms with Crippen LogP contribution < -0.4 is 15.8 Å². The fourth-order valence-corrected chi connectivity index (χ4v) is 1.24. The van der Waals surface area contributed by atoms with Gasteiger partial charge in [0.15, 0.2) is 6.61 Å². The highest BCUT2D eigenvalue weighted by Crippen LogP contribution is 2.23. The van der Waals surface area contributed by atoms with Crippen LogP contribution in [0.1, 0.15) is 18.9 Å². The third-order valence-corrected chi connectivity index (χ3v) is 2.22. The van der Waals surface area contributed by atoms with Gasteiger partial charge in [-0.2, -0.15) is 0 Å². The minimum atomic E-state index is -0.122. The Labute approximate surface area is 95.8 Å². The molecule has 0 atom stereocenters. The molecule has 0 fully saturated rings. The van der Waals surface area contributed by atoms with Crippen LogP contribution in [-0.4, -0.2) is 19.1 Å². The lowest BCUT2D eigenvalue weighted by Gasteiger charge is -2.10. The zero-order valence-corrected chi connectivity index (χ0v) is 9.75. The van der Waals surface area contributed by atoms with Gasteiger partial charge < -0.3 is 15.8 Å². The molecule has 0 unspecified atom stereocenters. The monoisotopic (exact) mass is 222 g/mol. The second-order valence-electron chi connectivity index (χ2n) is 3.63. The van der Waals surface area contributed by atoms with E-state index in [1.807, 2.05) is 26.0 Å². The number of benzene rings is 1. The maximum atomic E-state index is 11.3. The van der Waals surface area contributed by atoms with Gasteiger partial charge in [-0.25, -0.2) is 0 Å². The summed E-state index contributed by atoms with van der Waals surface area (Å²) in [5, 5.41) is 2.73. The maximum absolute atomic E-state index is 11.3. The van der Waals surface area contributed by atoms with Crippen LogP contribution in [0.2, 0.25) is 0 Å². The van der Waals surface area contributed by atoms with Gasteiger partial charge in [-0.1, -0.05) is 19.1 Å². The Hall–Kier alpha value is -1.71. The van der Waals surface area contributed by atoms with Crippen LogP contribution in [0.3, 0.4) is 0 Å². The molecule has 0 aromatic heterocycles. The molecule has 0 saturated heterocycles. The molecule has 4 heteroatoms. The van der Waals surface area contributed by atoms with Crippen LogP contribution in [0, 0.1) is 6.92 Å². The molecule has 1 amide bonds. The molecule has 4 nitrogen and oxygen atoms in total. The molecule has 0 aliphatic rings. The molecule has 3 N–H and O–H groups in total. The van der Waals surface area contributed by atoms with Crippen molar-refractivity contribution in [3.8, 4) is 5.75 Å². The van der Waals surface area contributed by atoms with E-state index in [2.05, 4.69) is 5.32 Å². The van der Waals surface area contributed by atoms with E-state index in [0.717, 1.165) is 12.0 Å². The normalized spacial score (nSPS) is 9.88. The zero-order chi connectivity index (χ0) is 12.0. The van der Waals surface area contributed by atoms with E-state index in [0.29, 0.717) is 18.0 Å². The molecule has 0 radical (unpaired) electrons. The molecule has 88 valence electrons. The molecule has 0 aliphatic carbocycles. The highest BCUT2D eigenvalue weighted by Gasteiger charge is 2.05. The molecule has 0 aliphatic heterocycles. The van der Waals surface area contributed by atoms with E-state index in [4.69, 9.17) is 10.5 Å². The van der Waals surface area contributed by atoms with E-state index in [9.17, 15) is 4.79 Å². The number of nitrogen functional groups attached to an aromatic ring is 1. The predicted octanol–water partition coefficient (Wildman–Crippen LogP) is 1.48. The van der Waals surface area contributed by atoms with Crippen molar-refractivity contribution < 1.29 is 9.53 Å². The number of nitrogens with one attached hydrogen (secondary N) is 1. The number of carbonyl (C=O) groups excluding carboxylic acids is 1. The third-order valence-electron chi connectivity index (χ3n) is 2.22. The van der Waals surface area contributed by atoms with E-state index in [1.54, 1.807) is 6.07 Å². The zero-order valence-electron chi connectivity index (χ0n) is 9.75. The van der Waals surface area contributed by atoms with Crippen molar-refractivity contribution in [2.24, 2.45) is 0 Å². The maximum Gasteiger partial charge on any atom is 0.257 e. The molecular formula is C12H18N2O2. The molecule has 0 spiro atoms. The molecule has 1 rings (SSSR count). The van der Waals surface area contributed by atoms with Crippen molar-refractivity contribution in [3.63, 3.8) is 0 Å². The molecular weight excluding hydrogens is 204 g/mol. The van der Waals surface area contributed by atoms with Crippen LogP contribution in [0.25, 0.3) is 0 Å². The van der Waals surface area contributed by atoms with Gasteiger partial charge in [-0.3, -0.25) is 4.79 Å². The van der Waals surface area contributed by atoms with Crippen LogP contribution in [0.15, 0.2) is 18.2 Å². The third kappa shape index (κ3) is 3.46. The topological polar surface area (TPSA) is 64.3 Å². The minimum absolute atomic E-state index is 0.00759. The highest BCUT2D eigenvalue weighted by molar-refractivity contribution is 5.77. The molecule has 0 saturated carbocycles. The summed E-state index contributed by atoms with van der Waals surface area (Å²) in [6.45, 7) is 4.58. The second kappa shape index (κ2) is 6.00. The summed E-state index contributed by atoms with van der Waals surface area (Å²) in [5.41, 5.74) is 7.35.